The fraction of sp³-hybridized carbons (Fsp3) is 0.941. The molecule has 0 fully saturated rings. The van der Waals surface area contributed by atoms with E-state index in [2.05, 4.69) is 24.5 Å². The van der Waals surface area contributed by atoms with E-state index in [-0.39, 0.29) is 12.1 Å². The molecule has 4 nitrogen and oxygen atoms in total. The predicted octanol–water partition coefficient (Wildman–Crippen LogP) is 4.24. The van der Waals surface area contributed by atoms with Crippen molar-refractivity contribution in [2.45, 2.75) is 97.8 Å². The highest BCUT2D eigenvalue weighted by atomic mass is 16.6. The van der Waals surface area contributed by atoms with E-state index in [1.807, 2.05) is 27.7 Å². The number of ether oxygens (including phenoxy) is 1. The van der Waals surface area contributed by atoms with Crippen LogP contribution in [0, 0.1) is 0 Å². The zero-order valence-electron chi connectivity index (χ0n) is 14.9. The van der Waals surface area contributed by atoms with Crippen LogP contribution in [0.4, 0.5) is 4.79 Å². The fourth-order valence-electron chi connectivity index (χ4n) is 2.11. The highest BCUT2D eigenvalue weighted by Gasteiger charge is 2.17. The lowest BCUT2D eigenvalue weighted by molar-refractivity contribution is 0.0506. The van der Waals surface area contributed by atoms with Crippen LogP contribution in [0.2, 0.25) is 0 Å². The normalized spacial score (nSPS) is 14.6. The van der Waals surface area contributed by atoms with Crippen molar-refractivity contribution in [2.24, 2.45) is 0 Å². The van der Waals surface area contributed by atoms with Gasteiger partial charge >= 0.3 is 6.09 Å². The molecule has 4 heteroatoms. The summed E-state index contributed by atoms with van der Waals surface area (Å²) in [6.07, 6.45) is 7.07. The van der Waals surface area contributed by atoms with Crippen LogP contribution in [0.1, 0.15) is 80.1 Å². The molecular weight excluding hydrogens is 264 g/mol. The quantitative estimate of drug-likeness (QED) is 0.593. The Kier molecular flexibility index (Phi) is 10.5. The molecule has 0 heterocycles. The van der Waals surface area contributed by atoms with Gasteiger partial charge in [0.15, 0.2) is 0 Å². The molecule has 0 saturated carbocycles. The van der Waals surface area contributed by atoms with Crippen molar-refractivity contribution in [3.63, 3.8) is 0 Å². The number of hydrogen-bond acceptors (Lipinski definition) is 3. The maximum atomic E-state index is 11.6. The molecular formula is C17H36N2O2. The summed E-state index contributed by atoms with van der Waals surface area (Å²) in [4.78, 5) is 11.6. The molecule has 1 amide bonds. The van der Waals surface area contributed by atoms with Crippen LogP contribution >= 0.6 is 0 Å². The summed E-state index contributed by atoms with van der Waals surface area (Å²) < 4.78 is 5.24. The molecule has 2 N–H and O–H groups in total. The summed E-state index contributed by atoms with van der Waals surface area (Å²) in [6, 6.07) is 0.676. The Morgan fingerprint density at radius 2 is 1.71 bits per heavy atom. The first-order chi connectivity index (χ1) is 9.74. The molecule has 2 atom stereocenters. The summed E-state index contributed by atoms with van der Waals surface area (Å²) in [5.74, 6) is 0. The Labute approximate surface area is 131 Å². The van der Waals surface area contributed by atoms with Crippen LogP contribution in [-0.2, 0) is 4.74 Å². The van der Waals surface area contributed by atoms with Gasteiger partial charge in [-0.1, -0.05) is 32.6 Å². The first kappa shape index (κ1) is 20.2. The van der Waals surface area contributed by atoms with Gasteiger partial charge in [-0.3, -0.25) is 0 Å². The average Bonchev–Trinajstić information content (AvgIpc) is 2.32. The molecule has 0 aromatic rings. The van der Waals surface area contributed by atoms with Gasteiger partial charge in [-0.25, -0.2) is 4.79 Å². The Morgan fingerprint density at radius 1 is 1.05 bits per heavy atom. The zero-order chi connectivity index (χ0) is 16.3. The third-order valence-corrected chi connectivity index (χ3v) is 3.32. The van der Waals surface area contributed by atoms with Gasteiger partial charge in [0.05, 0.1) is 0 Å². The number of carbonyl (C=O) groups is 1. The molecule has 0 aromatic carbocycles. The van der Waals surface area contributed by atoms with Crippen molar-refractivity contribution in [1.29, 1.82) is 0 Å². The fourth-order valence-corrected chi connectivity index (χ4v) is 2.11. The van der Waals surface area contributed by atoms with E-state index in [0.717, 1.165) is 13.0 Å². The SMILES string of the molecule is CCCCCCC(C)NCCC(C)NC(=O)OC(C)(C)C. The molecule has 2 unspecified atom stereocenters. The molecule has 0 spiro atoms. The van der Waals surface area contributed by atoms with E-state index >= 15 is 0 Å². The molecule has 0 bridgehead atoms. The number of unbranched alkanes of at least 4 members (excludes halogenated alkanes) is 3. The largest absolute Gasteiger partial charge is 0.444 e. The first-order valence-corrected chi connectivity index (χ1v) is 8.47. The van der Waals surface area contributed by atoms with Crippen LogP contribution in [0.15, 0.2) is 0 Å². The van der Waals surface area contributed by atoms with Gasteiger partial charge in [-0.05, 0) is 54.0 Å². The minimum absolute atomic E-state index is 0.125. The molecule has 0 aromatic heterocycles. The molecule has 0 aliphatic heterocycles. The van der Waals surface area contributed by atoms with Crippen LogP contribution in [-0.4, -0.2) is 30.3 Å². The molecule has 0 radical (unpaired) electrons. The lowest BCUT2D eigenvalue weighted by Crippen LogP contribution is -2.39. The Hall–Kier alpha value is -0.770. The monoisotopic (exact) mass is 300 g/mol. The summed E-state index contributed by atoms with van der Waals surface area (Å²) in [5.41, 5.74) is -0.435. The maximum Gasteiger partial charge on any atom is 0.407 e. The number of nitrogens with one attached hydrogen (secondary N) is 2. The van der Waals surface area contributed by atoms with E-state index in [4.69, 9.17) is 4.74 Å². The maximum absolute atomic E-state index is 11.6. The van der Waals surface area contributed by atoms with Crippen LogP contribution in [0.25, 0.3) is 0 Å². The summed E-state index contributed by atoms with van der Waals surface area (Å²) in [7, 11) is 0. The smallest absolute Gasteiger partial charge is 0.407 e. The third-order valence-electron chi connectivity index (χ3n) is 3.32. The molecule has 0 saturated heterocycles. The van der Waals surface area contributed by atoms with Crippen LogP contribution in [0.3, 0.4) is 0 Å². The zero-order valence-corrected chi connectivity index (χ0v) is 14.9. The van der Waals surface area contributed by atoms with E-state index < -0.39 is 5.60 Å². The Balaban J connectivity index is 3.64. The average molecular weight is 300 g/mol. The molecule has 0 aliphatic rings. The molecule has 0 rings (SSSR count). The van der Waals surface area contributed by atoms with Crippen molar-refractivity contribution in [3.8, 4) is 0 Å². The standard InChI is InChI=1S/C17H36N2O2/c1-7-8-9-10-11-14(2)18-13-12-15(3)19-16(20)21-17(4,5)6/h14-15,18H,7-13H2,1-6H3,(H,19,20). The van der Waals surface area contributed by atoms with E-state index in [9.17, 15) is 4.79 Å². The first-order valence-electron chi connectivity index (χ1n) is 8.47. The number of carbonyl (C=O) groups excluding carboxylic acids is 1. The van der Waals surface area contributed by atoms with Gasteiger partial charge in [0, 0.05) is 12.1 Å². The number of hydrogen-bond donors (Lipinski definition) is 2. The molecule has 126 valence electrons. The Bertz CT molecular complexity index is 274. The number of amides is 1. The van der Waals surface area contributed by atoms with Gasteiger partial charge < -0.3 is 15.4 Å². The minimum Gasteiger partial charge on any atom is -0.444 e. The molecule has 0 aliphatic carbocycles. The highest BCUT2D eigenvalue weighted by molar-refractivity contribution is 5.67. The van der Waals surface area contributed by atoms with E-state index in [1.54, 1.807) is 0 Å². The van der Waals surface area contributed by atoms with Crippen molar-refractivity contribution in [3.05, 3.63) is 0 Å². The van der Waals surface area contributed by atoms with Gasteiger partial charge in [0.1, 0.15) is 5.60 Å². The van der Waals surface area contributed by atoms with Crippen molar-refractivity contribution < 1.29 is 9.53 Å². The predicted molar refractivity (Wildman–Crippen MR) is 89.7 cm³/mol. The van der Waals surface area contributed by atoms with Gasteiger partial charge in [-0.2, -0.15) is 0 Å². The summed E-state index contributed by atoms with van der Waals surface area (Å²) >= 11 is 0. The van der Waals surface area contributed by atoms with Crippen molar-refractivity contribution in [1.82, 2.24) is 10.6 Å². The summed E-state index contributed by atoms with van der Waals surface area (Å²) in [5, 5.41) is 6.39. The van der Waals surface area contributed by atoms with E-state index in [0.29, 0.717) is 6.04 Å². The molecule has 21 heavy (non-hydrogen) atoms. The van der Waals surface area contributed by atoms with Gasteiger partial charge in [-0.15, -0.1) is 0 Å². The van der Waals surface area contributed by atoms with Crippen molar-refractivity contribution in [2.75, 3.05) is 6.54 Å². The second kappa shape index (κ2) is 10.9. The van der Waals surface area contributed by atoms with Crippen LogP contribution in [0.5, 0.6) is 0 Å². The minimum atomic E-state index is -0.435. The topological polar surface area (TPSA) is 50.4 Å². The number of rotatable bonds is 10. The van der Waals surface area contributed by atoms with Gasteiger partial charge in [0.2, 0.25) is 0 Å². The number of alkyl carbamates (subject to hydrolysis) is 1. The Morgan fingerprint density at radius 3 is 2.29 bits per heavy atom. The third kappa shape index (κ3) is 13.9. The lowest BCUT2D eigenvalue weighted by atomic mass is 10.1. The van der Waals surface area contributed by atoms with Gasteiger partial charge in [0.25, 0.3) is 0 Å². The van der Waals surface area contributed by atoms with Crippen LogP contribution < -0.4 is 10.6 Å². The second-order valence-electron chi connectivity index (χ2n) is 7.04. The lowest BCUT2D eigenvalue weighted by Gasteiger charge is -2.22. The van der Waals surface area contributed by atoms with Crippen molar-refractivity contribution >= 4 is 6.09 Å². The second-order valence-corrected chi connectivity index (χ2v) is 7.04. The summed E-state index contributed by atoms with van der Waals surface area (Å²) in [6.45, 7) is 13.0. The highest BCUT2D eigenvalue weighted by Crippen LogP contribution is 2.07. The van der Waals surface area contributed by atoms with E-state index in [1.165, 1.54) is 32.1 Å².